The maximum atomic E-state index is 14.6. The lowest BCUT2D eigenvalue weighted by atomic mass is 9.99. The van der Waals surface area contributed by atoms with E-state index < -0.39 is 53.7 Å². The van der Waals surface area contributed by atoms with Crippen molar-refractivity contribution in [1.29, 1.82) is 0 Å². The van der Waals surface area contributed by atoms with Gasteiger partial charge in [0.25, 0.3) is 11.5 Å². The molecule has 174 valence electrons. The normalized spacial score (nSPS) is 15.0. The molecule has 1 aliphatic carbocycles. The molecule has 33 heavy (non-hydrogen) atoms. The monoisotopic (exact) mass is 464 g/mol. The average Bonchev–Trinajstić information content (AvgIpc) is 3.56. The zero-order valence-electron chi connectivity index (χ0n) is 17.7. The Morgan fingerprint density at radius 3 is 2.48 bits per heavy atom. The van der Waals surface area contributed by atoms with Crippen LogP contribution in [-0.4, -0.2) is 16.7 Å². The molecule has 1 amide bonds. The number of amides is 1. The number of carbonyl (C=O) groups excluding carboxylic acids is 1. The summed E-state index contributed by atoms with van der Waals surface area (Å²) in [6.45, 7) is 0.625. The molecule has 2 aromatic carbocycles. The number of nitrogens with zero attached hydrogens (tertiary/aromatic N) is 1. The third-order valence-corrected chi connectivity index (χ3v) is 5.94. The first kappa shape index (κ1) is 22.9. The van der Waals surface area contributed by atoms with Gasteiger partial charge < -0.3 is 9.88 Å². The number of fused-ring (bicyclic) bond motifs is 1. The van der Waals surface area contributed by atoms with E-state index in [1.54, 1.807) is 6.07 Å². The van der Waals surface area contributed by atoms with Crippen molar-refractivity contribution in [1.82, 2.24) is 9.88 Å². The smallest absolute Gasteiger partial charge is 0.345 e. The first-order valence-electron chi connectivity index (χ1n) is 10.5. The number of hydrogen-bond acceptors (Lipinski definition) is 2. The third-order valence-electron chi connectivity index (χ3n) is 5.94. The zero-order valence-corrected chi connectivity index (χ0v) is 17.7. The number of benzene rings is 2. The first-order valence-corrected chi connectivity index (χ1v) is 10.5. The average molecular weight is 464 g/mol. The minimum atomic E-state index is -4.53. The summed E-state index contributed by atoms with van der Waals surface area (Å²) in [6, 6.07) is 9.04. The highest BCUT2D eigenvalue weighted by atomic mass is 19.4. The van der Waals surface area contributed by atoms with Crippen LogP contribution >= 0.6 is 0 Å². The largest absolute Gasteiger partial charge is 0.390 e. The summed E-state index contributed by atoms with van der Waals surface area (Å²) in [4.78, 5) is 26.2. The number of aromatic nitrogens is 1. The molecule has 0 spiro atoms. The molecule has 0 aliphatic heterocycles. The SMILES string of the molecule is Cc1c(C(=O)N[C@H](c2cccc(F)c2)C2CC2)c2cccc(F)c2c(=O)n1CCC(F)(F)F. The molecule has 4 nitrogen and oxygen atoms in total. The molecule has 1 fully saturated rings. The third kappa shape index (κ3) is 4.77. The van der Waals surface area contributed by atoms with Gasteiger partial charge in [0.1, 0.15) is 11.6 Å². The highest BCUT2D eigenvalue weighted by Crippen LogP contribution is 2.41. The molecule has 1 aromatic heterocycles. The molecule has 0 radical (unpaired) electrons. The molecule has 1 N–H and O–H groups in total. The summed E-state index contributed by atoms with van der Waals surface area (Å²) in [6.07, 6.45) is -4.20. The molecular weight excluding hydrogens is 443 g/mol. The summed E-state index contributed by atoms with van der Waals surface area (Å²) in [5, 5.41) is 2.42. The van der Waals surface area contributed by atoms with Crippen molar-refractivity contribution < 1.29 is 26.7 Å². The van der Waals surface area contributed by atoms with Crippen molar-refractivity contribution in [3.8, 4) is 0 Å². The Kier molecular flexibility index (Phi) is 5.99. The summed E-state index contributed by atoms with van der Waals surface area (Å²) in [5.74, 6) is -1.96. The van der Waals surface area contributed by atoms with Crippen molar-refractivity contribution in [2.45, 2.75) is 44.9 Å². The fourth-order valence-electron chi connectivity index (χ4n) is 4.18. The van der Waals surface area contributed by atoms with Gasteiger partial charge in [-0.05, 0) is 49.4 Å². The van der Waals surface area contributed by atoms with Crippen molar-refractivity contribution in [2.75, 3.05) is 0 Å². The summed E-state index contributed by atoms with van der Waals surface area (Å²) < 4.78 is 67.7. The Morgan fingerprint density at radius 1 is 1.15 bits per heavy atom. The Bertz CT molecular complexity index is 1280. The van der Waals surface area contributed by atoms with Crippen LogP contribution in [0, 0.1) is 24.5 Å². The van der Waals surface area contributed by atoms with E-state index in [9.17, 15) is 31.5 Å². The van der Waals surface area contributed by atoms with Gasteiger partial charge in [-0.25, -0.2) is 8.78 Å². The van der Waals surface area contributed by atoms with Gasteiger partial charge in [0, 0.05) is 17.6 Å². The van der Waals surface area contributed by atoms with Gasteiger partial charge >= 0.3 is 6.18 Å². The highest BCUT2D eigenvalue weighted by Gasteiger charge is 2.35. The summed E-state index contributed by atoms with van der Waals surface area (Å²) in [7, 11) is 0. The van der Waals surface area contributed by atoms with Crippen LogP contribution in [0.5, 0.6) is 0 Å². The Hall–Kier alpha value is -3.23. The Morgan fingerprint density at radius 2 is 1.85 bits per heavy atom. The number of alkyl halides is 3. The summed E-state index contributed by atoms with van der Waals surface area (Å²) >= 11 is 0. The first-order chi connectivity index (χ1) is 15.6. The standard InChI is InChI=1S/C24H21F5N2O2/c1-13-19(22(32)30-21(14-8-9-14)15-4-2-5-16(25)12-15)17-6-3-7-18(26)20(17)23(33)31(13)11-10-24(27,28)29/h2-7,12,14,21H,8-11H2,1H3,(H,30,32)/t21-/m0/s1. The Balaban J connectivity index is 1.81. The van der Waals surface area contributed by atoms with E-state index in [2.05, 4.69) is 5.32 Å². The minimum absolute atomic E-state index is 0.00800. The van der Waals surface area contributed by atoms with E-state index in [-0.39, 0.29) is 22.6 Å². The van der Waals surface area contributed by atoms with E-state index >= 15 is 0 Å². The summed E-state index contributed by atoms with van der Waals surface area (Å²) in [5.41, 5.74) is -0.434. The predicted molar refractivity (Wildman–Crippen MR) is 113 cm³/mol. The van der Waals surface area contributed by atoms with Crippen LogP contribution in [0.1, 0.15) is 46.9 Å². The van der Waals surface area contributed by atoms with E-state index in [1.165, 1.54) is 37.3 Å². The molecular formula is C24H21F5N2O2. The molecule has 0 saturated heterocycles. The van der Waals surface area contributed by atoms with Crippen molar-refractivity contribution in [2.24, 2.45) is 5.92 Å². The second-order valence-electron chi connectivity index (χ2n) is 8.29. The second-order valence-corrected chi connectivity index (χ2v) is 8.29. The van der Waals surface area contributed by atoms with Gasteiger partial charge in [0.05, 0.1) is 23.4 Å². The topological polar surface area (TPSA) is 51.1 Å². The molecule has 1 atom stereocenters. The maximum Gasteiger partial charge on any atom is 0.390 e. The van der Waals surface area contributed by atoms with E-state index in [0.717, 1.165) is 23.5 Å². The lowest BCUT2D eigenvalue weighted by Gasteiger charge is -2.22. The molecule has 1 aliphatic rings. The van der Waals surface area contributed by atoms with Gasteiger partial charge in [-0.2, -0.15) is 13.2 Å². The van der Waals surface area contributed by atoms with E-state index in [1.807, 2.05) is 0 Å². The molecule has 9 heteroatoms. The molecule has 0 bridgehead atoms. The van der Waals surface area contributed by atoms with Crippen LogP contribution in [0.3, 0.4) is 0 Å². The lowest BCUT2D eigenvalue weighted by Crippen LogP contribution is -2.34. The molecule has 0 unspecified atom stereocenters. The molecule has 1 saturated carbocycles. The maximum absolute atomic E-state index is 14.6. The van der Waals surface area contributed by atoms with Crippen molar-refractivity contribution in [3.63, 3.8) is 0 Å². The fraction of sp³-hybridized carbons (Fsp3) is 0.333. The zero-order chi connectivity index (χ0) is 23.9. The van der Waals surface area contributed by atoms with E-state index in [0.29, 0.717) is 5.56 Å². The lowest BCUT2D eigenvalue weighted by molar-refractivity contribution is -0.136. The van der Waals surface area contributed by atoms with Gasteiger partial charge in [-0.1, -0.05) is 24.3 Å². The van der Waals surface area contributed by atoms with Crippen LogP contribution in [0.15, 0.2) is 47.3 Å². The number of carbonyl (C=O) groups is 1. The number of halogens is 5. The number of nitrogens with one attached hydrogen (secondary N) is 1. The van der Waals surface area contributed by atoms with Crippen LogP contribution in [0.2, 0.25) is 0 Å². The van der Waals surface area contributed by atoms with Gasteiger partial charge in [0.2, 0.25) is 0 Å². The molecule has 4 rings (SSSR count). The number of hydrogen-bond donors (Lipinski definition) is 1. The van der Waals surface area contributed by atoms with E-state index in [4.69, 9.17) is 0 Å². The fourth-order valence-corrected chi connectivity index (χ4v) is 4.18. The number of rotatable bonds is 6. The highest BCUT2D eigenvalue weighted by molar-refractivity contribution is 6.08. The quantitative estimate of drug-likeness (QED) is 0.495. The molecule has 1 heterocycles. The van der Waals surface area contributed by atoms with Gasteiger partial charge in [-0.15, -0.1) is 0 Å². The Labute approximate surface area is 186 Å². The van der Waals surface area contributed by atoms with Gasteiger partial charge in [-0.3, -0.25) is 9.59 Å². The van der Waals surface area contributed by atoms with Gasteiger partial charge in [0.15, 0.2) is 0 Å². The minimum Gasteiger partial charge on any atom is -0.345 e. The van der Waals surface area contributed by atoms with Crippen LogP contribution < -0.4 is 10.9 Å². The number of pyridine rings is 1. The van der Waals surface area contributed by atoms with Crippen LogP contribution in [-0.2, 0) is 6.54 Å². The molecule has 3 aromatic rings. The van der Waals surface area contributed by atoms with Crippen LogP contribution in [0.4, 0.5) is 22.0 Å². The van der Waals surface area contributed by atoms with Crippen molar-refractivity contribution >= 4 is 16.7 Å². The van der Waals surface area contributed by atoms with Crippen molar-refractivity contribution in [3.05, 3.63) is 81.3 Å². The van der Waals surface area contributed by atoms with Crippen LogP contribution in [0.25, 0.3) is 10.8 Å². The predicted octanol–water partition coefficient (Wildman–Crippen LogP) is 5.42. The second kappa shape index (κ2) is 8.61.